The van der Waals surface area contributed by atoms with E-state index in [0.29, 0.717) is 11.4 Å². The zero-order valence-corrected chi connectivity index (χ0v) is 11.9. The normalized spacial score (nSPS) is 17.7. The van der Waals surface area contributed by atoms with Crippen LogP contribution in [0.3, 0.4) is 0 Å². The maximum absolute atomic E-state index is 12.3. The third-order valence-electron chi connectivity index (χ3n) is 3.77. The van der Waals surface area contributed by atoms with Crippen LogP contribution in [-0.4, -0.2) is 20.8 Å². The van der Waals surface area contributed by atoms with E-state index in [4.69, 9.17) is 0 Å². The fourth-order valence-corrected chi connectivity index (χ4v) is 2.76. The highest BCUT2D eigenvalue weighted by Gasteiger charge is 2.32. The molecule has 1 amide bonds. The van der Waals surface area contributed by atoms with Gasteiger partial charge in [0, 0.05) is 18.4 Å². The fourth-order valence-electron chi connectivity index (χ4n) is 2.76. The number of benzene rings is 1. The van der Waals surface area contributed by atoms with Crippen molar-refractivity contribution < 1.29 is 9.90 Å². The highest BCUT2D eigenvalue weighted by atomic mass is 16.3. The number of anilines is 1. The molecular weight excluding hydrogens is 270 g/mol. The van der Waals surface area contributed by atoms with Crippen LogP contribution in [0.15, 0.2) is 29.1 Å². The number of hydrogen-bond donors (Lipinski definition) is 3. The molecule has 0 spiro atoms. The molecule has 21 heavy (non-hydrogen) atoms. The average molecular weight is 287 g/mol. The quantitative estimate of drug-likeness (QED) is 0.788. The lowest BCUT2D eigenvalue weighted by atomic mass is 9.87. The van der Waals surface area contributed by atoms with Crippen LogP contribution in [0.5, 0.6) is 5.75 Å². The van der Waals surface area contributed by atoms with Crippen molar-refractivity contribution in [2.75, 3.05) is 5.32 Å². The Balaban J connectivity index is 2.16. The third-order valence-corrected chi connectivity index (χ3v) is 3.77. The molecule has 0 fully saturated rings. The summed E-state index contributed by atoms with van der Waals surface area (Å²) in [5.74, 6) is 0.296. The predicted octanol–water partition coefficient (Wildman–Crippen LogP) is 1.94. The largest absolute Gasteiger partial charge is 0.508 e. The van der Waals surface area contributed by atoms with Gasteiger partial charge in [0.2, 0.25) is 5.91 Å². The molecule has 2 heterocycles. The number of H-pyrrole nitrogens is 1. The number of phenolic OH excluding ortho intramolecular Hbond substituents is 1. The van der Waals surface area contributed by atoms with Gasteiger partial charge in [-0.1, -0.05) is 12.1 Å². The van der Waals surface area contributed by atoms with E-state index in [-0.39, 0.29) is 35.6 Å². The summed E-state index contributed by atoms with van der Waals surface area (Å²) in [4.78, 5) is 24.2. The zero-order valence-electron chi connectivity index (χ0n) is 11.9. The SMILES string of the molecule is CC(C)n1[nH]c(=O)c2c1NC(=O)C[C@@H]2c1ccc(O)cc1. The van der Waals surface area contributed by atoms with Crippen LogP contribution >= 0.6 is 0 Å². The molecule has 0 saturated carbocycles. The van der Waals surface area contributed by atoms with E-state index in [9.17, 15) is 14.7 Å². The molecule has 0 saturated heterocycles. The lowest BCUT2D eigenvalue weighted by Crippen LogP contribution is -2.27. The summed E-state index contributed by atoms with van der Waals surface area (Å²) in [6.07, 6.45) is 0.225. The predicted molar refractivity (Wildman–Crippen MR) is 78.6 cm³/mol. The molecule has 1 aromatic carbocycles. The highest BCUT2D eigenvalue weighted by Crippen LogP contribution is 2.36. The van der Waals surface area contributed by atoms with E-state index in [1.807, 2.05) is 13.8 Å². The molecule has 0 aliphatic carbocycles. The summed E-state index contributed by atoms with van der Waals surface area (Å²) in [6, 6.07) is 6.66. The molecule has 1 aromatic heterocycles. The van der Waals surface area contributed by atoms with Crippen LogP contribution < -0.4 is 10.9 Å². The zero-order chi connectivity index (χ0) is 15.1. The highest BCUT2D eigenvalue weighted by molar-refractivity contribution is 5.94. The van der Waals surface area contributed by atoms with E-state index in [0.717, 1.165) is 5.56 Å². The van der Waals surface area contributed by atoms with E-state index < -0.39 is 0 Å². The maximum atomic E-state index is 12.3. The second-order valence-corrected chi connectivity index (χ2v) is 5.56. The summed E-state index contributed by atoms with van der Waals surface area (Å²) in [6.45, 7) is 3.87. The monoisotopic (exact) mass is 287 g/mol. The second-order valence-electron chi connectivity index (χ2n) is 5.56. The van der Waals surface area contributed by atoms with Crippen molar-refractivity contribution in [3.63, 3.8) is 0 Å². The minimum Gasteiger partial charge on any atom is -0.508 e. The number of carbonyl (C=O) groups is 1. The minimum atomic E-state index is -0.293. The second kappa shape index (κ2) is 4.80. The maximum Gasteiger partial charge on any atom is 0.270 e. The van der Waals surface area contributed by atoms with E-state index in [1.54, 1.807) is 28.9 Å². The van der Waals surface area contributed by atoms with Gasteiger partial charge in [0.05, 0.1) is 5.56 Å². The van der Waals surface area contributed by atoms with Crippen molar-refractivity contribution >= 4 is 11.7 Å². The first-order valence-corrected chi connectivity index (χ1v) is 6.90. The topological polar surface area (TPSA) is 87.1 Å². The number of aromatic nitrogens is 2. The van der Waals surface area contributed by atoms with Gasteiger partial charge in [0.25, 0.3) is 5.56 Å². The Morgan fingerprint density at radius 2 is 1.90 bits per heavy atom. The standard InChI is InChI=1S/C15H17N3O3/c1-8(2)18-14-13(15(21)17-18)11(7-12(20)16-14)9-3-5-10(19)6-4-9/h3-6,8,11,19H,7H2,1-2H3,(H,16,20)(H,17,21)/t11-/m1/s1. The Bertz CT molecular complexity index is 741. The number of carbonyl (C=O) groups excluding carboxylic acids is 1. The van der Waals surface area contributed by atoms with Gasteiger partial charge >= 0.3 is 0 Å². The molecule has 1 atom stereocenters. The fraction of sp³-hybridized carbons (Fsp3) is 0.333. The van der Waals surface area contributed by atoms with Crippen molar-refractivity contribution in [2.24, 2.45) is 0 Å². The molecule has 110 valence electrons. The smallest absolute Gasteiger partial charge is 0.270 e. The number of rotatable bonds is 2. The Hall–Kier alpha value is -2.50. The molecule has 2 aromatic rings. The molecule has 3 rings (SSSR count). The van der Waals surface area contributed by atoms with Crippen LogP contribution in [-0.2, 0) is 4.79 Å². The Morgan fingerprint density at radius 3 is 2.52 bits per heavy atom. The van der Waals surface area contributed by atoms with Crippen LogP contribution in [0.2, 0.25) is 0 Å². The van der Waals surface area contributed by atoms with E-state index in [2.05, 4.69) is 10.4 Å². The first kappa shape index (κ1) is 13.5. The van der Waals surface area contributed by atoms with Gasteiger partial charge in [-0.3, -0.25) is 19.4 Å². The van der Waals surface area contributed by atoms with Crippen molar-refractivity contribution in [1.82, 2.24) is 9.78 Å². The van der Waals surface area contributed by atoms with Gasteiger partial charge in [-0.05, 0) is 31.5 Å². The van der Waals surface area contributed by atoms with E-state index >= 15 is 0 Å². The number of phenols is 1. The number of aromatic hydroxyl groups is 1. The first-order valence-electron chi connectivity index (χ1n) is 6.90. The Morgan fingerprint density at radius 1 is 1.24 bits per heavy atom. The molecule has 0 radical (unpaired) electrons. The molecular formula is C15H17N3O3. The van der Waals surface area contributed by atoms with Gasteiger partial charge in [0.15, 0.2) is 0 Å². The lowest BCUT2D eigenvalue weighted by Gasteiger charge is -2.24. The summed E-state index contributed by atoms with van der Waals surface area (Å²) < 4.78 is 1.68. The van der Waals surface area contributed by atoms with Gasteiger partial charge in [-0.25, -0.2) is 0 Å². The summed E-state index contributed by atoms with van der Waals surface area (Å²) in [5.41, 5.74) is 1.24. The molecule has 0 bridgehead atoms. The summed E-state index contributed by atoms with van der Waals surface area (Å²) in [5, 5.41) is 15.0. The van der Waals surface area contributed by atoms with Crippen LogP contribution in [0.25, 0.3) is 0 Å². The number of aromatic amines is 1. The number of nitrogens with zero attached hydrogens (tertiary/aromatic N) is 1. The van der Waals surface area contributed by atoms with Crippen LogP contribution in [0.1, 0.15) is 43.4 Å². The average Bonchev–Trinajstić information content (AvgIpc) is 2.76. The molecule has 1 aliphatic heterocycles. The minimum absolute atomic E-state index is 0.0420. The molecule has 3 N–H and O–H groups in total. The van der Waals surface area contributed by atoms with Gasteiger partial charge in [0.1, 0.15) is 11.6 Å². The Labute approximate surface area is 121 Å². The van der Waals surface area contributed by atoms with Crippen molar-refractivity contribution in [2.45, 2.75) is 32.2 Å². The van der Waals surface area contributed by atoms with Crippen molar-refractivity contribution in [3.05, 3.63) is 45.7 Å². The van der Waals surface area contributed by atoms with Crippen molar-refractivity contribution in [1.29, 1.82) is 0 Å². The third kappa shape index (κ3) is 2.22. The first-order chi connectivity index (χ1) is 9.97. The molecule has 6 nitrogen and oxygen atoms in total. The van der Waals surface area contributed by atoms with Gasteiger partial charge < -0.3 is 10.4 Å². The van der Waals surface area contributed by atoms with E-state index in [1.165, 1.54) is 0 Å². The summed E-state index contributed by atoms with van der Waals surface area (Å²) >= 11 is 0. The number of hydrogen-bond acceptors (Lipinski definition) is 3. The molecule has 1 aliphatic rings. The number of fused-ring (bicyclic) bond motifs is 1. The molecule has 0 unspecified atom stereocenters. The van der Waals surface area contributed by atoms with Crippen molar-refractivity contribution in [3.8, 4) is 5.75 Å². The van der Waals surface area contributed by atoms with Crippen LogP contribution in [0.4, 0.5) is 5.82 Å². The van der Waals surface area contributed by atoms with Gasteiger partial charge in [-0.2, -0.15) is 0 Å². The summed E-state index contributed by atoms with van der Waals surface area (Å²) in [7, 11) is 0. The molecule has 6 heteroatoms. The van der Waals surface area contributed by atoms with Gasteiger partial charge in [-0.15, -0.1) is 0 Å². The lowest BCUT2D eigenvalue weighted by molar-refractivity contribution is -0.116. The Kier molecular flexibility index (Phi) is 3.08. The van der Waals surface area contributed by atoms with Crippen LogP contribution in [0, 0.1) is 0 Å². The number of amides is 1. The number of nitrogens with one attached hydrogen (secondary N) is 2.